The first-order chi connectivity index (χ1) is 8.91. The van der Waals surface area contributed by atoms with Crippen molar-refractivity contribution in [2.24, 2.45) is 10.4 Å². The van der Waals surface area contributed by atoms with E-state index in [9.17, 15) is 0 Å². The zero-order chi connectivity index (χ0) is 14.0. The van der Waals surface area contributed by atoms with Crippen LogP contribution in [0.2, 0.25) is 0 Å². The Morgan fingerprint density at radius 1 is 1.47 bits per heavy atom. The van der Waals surface area contributed by atoms with Crippen LogP contribution in [0.1, 0.15) is 37.4 Å². The van der Waals surface area contributed by atoms with Crippen molar-refractivity contribution in [1.29, 1.82) is 0 Å². The molecule has 106 valence electrons. The summed E-state index contributed by atoms with van der Waals surface area (Å²) in [6, 6.07) is 2.09. The number of hydrogen-bond donors (Lipinski definition) is 1. The second-order valence-corrected chi connectivity index (χ2v) is 6.18. The van der Waals surface area contributed by atoms with Gasteiger partial charge in [0.2, 0.25) is 0 Å². The molecule has 0 spiro atoms. The van der Waals surface area contributed by atoms with Gasteiger partial charge >= 0.3 is 0 Å². The van der Waals surface area contributed by atoms with Crippen molar-refractivity contribution in [2.45, 2.75) is 40.7 Å². The molecule has 0 bridgehead atoms. The van der Waals surface area contributed by atoms with E-state index in [2.05, 4.69) is 35.1 Å². The van der Waals surface area contributed by atoms with Gasteiger partial charge in [0.25, 0.3) is 0 Å². The maximum atomic E-state index is 5.55. The maximum absolute atomic E-state index is 5.55. The SMILES string of the molecule is CN=C(NCc1cc(C)oc1C)N1CCC(C)(C)C1. The third-order valence-electron chi connectivity index (χ3n) is 3.77. The molecule has 0 unspecified atom stereocenters. The molecular formula is C15H25N3O. The van der Waals surface area contributed by atoms with Crippen LogP contribution in [0, 0.1) is 19.3 Å². The largest absolute Gasteiger partial charge is 0.466 e. The van der Waals surface area contributed by atoms with Crippen molar-refractivity contribution >= 4 is 5.96 Å². The van der Waals surface area contributed by atoms with Gasteiger partial charge in [0.1, 0.15) is 11.5 Å². The summed E-state index contributed by atoms with van der Waals surface area (Å²) in [6.07, 6.45) is 1.22. The average molecular weight is 263 g/mol. The second-order valence-electron chi connectivity index (χ2n) is 6.18. The molecule has 2 rings (SSSR count). The first kappa shape index (κ1) is 14.0. The predicted octanol–water partition coefficient (Wildman–Crippen LogP) is 2.70. The maximum Gasteiger partial charge on any atom is 0.193 e. The highest BCUT2D eigenvalue weighted by molar-refractivity contribution is 5.80. The minimum absolute atomic E-state index is 0.389. The smallest absolute Gasteiger partial charge is 0.193 e. The summed E-state index contributed by atoms with van der Waals surface area (Å²) < 4.78 is 5.55. The first-order valence-corrected chi connectivity index (χ1v) is 6.93. The molecule has 1 aromatic heterocycles. The van der Waals surface area contributed by atoms with Crippen molar-refractivity contribution in [1.82, 2.24) is 10.2 Å². The number of hydrogen-bond acceptors (Lipinski definition) is 2. The molecule has 0 atom stereocenters. The molecule has 1 fully saturated rings. The molecule has 1 aliphatic heterocycles. The van der Waals surface area contributed by atoms with Crippen molar-refractivity contribution in [3.8, 4) is 0 Å². The second kappa shape index (κ2) is 5.27. The lowest BCUT2D eigenvalue weighted by Gasteiger charge is -2.23. The van der Waals surface area contributed by atoms with E-state index in [1.807, 2.05) is 20.9 Å². The van der Waals surface area contributed by atoms with Crippen LogP contribution in [0.25, 0.3) is 0 Å². The average Bonchev–Trinajstić information content (AvgIpc) is 2.83. The van der Waals surface area contributed by atoms with Crippen LogP contribution in [-0.4, -0.2) is 31.0 Å². The van der Waals surface area contributed by atoms with Crippen molar-refractivity contribution < 1.29 is 4.42 Å². The molecule has 1 N–H and O–H groups in total. The van der Waals surface area contributed by atoms with Gasteiger partial charge in [0.05, 0.1) is 0 Å². The van der Waals surface area contributed by atoms with Gasteiger partial charge < -0.3 is 14.6 Å². The molecule has 0 amide bonds. The van der Waals surface area contributed by atoms with Gasteiger partial charge in [-0.2, -0.15) is 0 Å². The van der Waals surface area contributed by atoms with Crippen LogP contribution in [0.15, 0.2) is 15.5 Å². The van der Waals surface area contributed by atoms with Gasteiger partial charge in [-0.25, -0.2) is 0 Å². The Bertz CT molecular complexity index is 474. The lowest BCUT2D eigenvalue weighted by molar-refractivity contribution is 0.370. The quantitative estimate of drug-likeness (QED) is 0.659. The summed E-state index contributed by atoms with van der Waals surface area (Å²) in [5.41, 5.74) is 1.59. The normalized spacial score (nSPS) is 19.0. The summed E-state index contributed by atoms with van der Waals surface area (Å²) >= 11 is 0. The fourth-order valence-corrected chi connectivity index (χ4v) is 2.66. The molecule has 1 aromatic rings. The Morgan fingerprint density at radius 2 is 2.21 bits per heavy atom. The zero-order valence-electron chi connectivity index (χ0n) is 12.7. The van der Waals surface area contributed by atoms with E-state index in [1.165, 1.54) is 12.0 Å². The third-order valence-corrected chi connectivity index (χ3v) is 3.77. The molecule has 0 radical (unpaired) electrons. The summed E-state index contributed by atoms with van der Waals surface area (Å²) in [5.74, 6) is 2.94. The topological polar surface area (TPSA) is 40.8 Å². The molecule has 0 aromatic carbocycles. The minimum atomic E-state index is 0.389. The van der Waals surface area contributed by atoms with Gasteiger partial charge in [-0.3, -0.25) is 4.99 Å². The number of rotatable bonds is 2. The first-order valence-electron chi connectivity index (χ1n) is 6.93. The molecule has 1 saturated heterocycles. The zero-order valence-corrected chi connectivity index (χ0v) is 12.7. The fraction of sp³-hybridized carbons (Fsp3) is 0.667. The molecule has 4 nitrogen and oxygen atoms in total. The summed E-state index contributed by atoms with van der Waals surface area (Å²) in [6.45, 7) is 11.5. The van der Waals surface area contributed by atoms with Crippen molar-refractivity contribution in [2.75, 3.05) is 20.1 Å². The van der Waals surface area contributed by atoms with Crippen LogP contribution >= 0.6 is 0 Å². The molecule has 0 aliphatic carbocycles. The van der Waals surface area contributed by atoms with Gasteiger partial charge in [0, 0.05) is 32.2 Å². The monoisotopic (exact) mass is 263 g/mol. The number of guanidine groups is 1. The summed E-state index contributed by atoms with van der Waals surface area (Å²) in [4.78, 5) is 6.72. The van der Waals surface area contributed by atoms with Crippen molar-refractivity contribution in [3.63, 3.8) is 0 Å². The predicted molar refractivity (Wildman–Crippen MR) is 78.4 cm³/mol. The van der Waals surface area contributed by atoms with E-state index < -0.39 is 0 Å². The highest BCUT2D eigenvalue weighted by Crippen LogP contribution is 2.28. The number of aliphatic imine (C=N–C) groups is 1. The van der Waals surface area contributed by atoms with Gasteiger partial charge in [0.15, 0.2) is 5.96 Å². The lowest BCUT2D eigenvalue weighted by Crippen LogP contribution is -2.40. The molecule has 0 saturated carbocycles. The third kappa shape index (κ3) is 3.31. The van der Waals surface area contributed by atoms with Crippen LogP contribution in [0.4, 0.5) is 0 Å². The minimum Gasteiger partial charge on any atom is -0.466 e. The van der Waals surface area contributed by atoms with E-state index in [0.717, 1.165) is 37.1 Å². The Hall–Kier alpha value is -1.45. The molecule has 1 aliphatic rings. The van der Waals surface area contributed by atoms with E-state index in [1.54, 1.807) is 0 Å². The van der Waals surface area contributed by atoms with E-state index in [0.29, 0.717) is 5.41 Å². The van der Waals surface area contributed by atoms with Crippen LogP contribution in [0.5, 0.6) is 0 Å². The number of nitrogens with zero attached hydrogens (tertiary/aromatic N) is 2. The highest BCUT2D eigenvalue weighted by atomic mass is 16.3. The Morgan fingerprint density at radius 3 is 2.68 bits per heavy atom. The lowest BCUT2D eigenvalue weighted by atomic mass is 9.93. The fourth-order valence-electron chi connectivity index (χ4n) is 2.66. The highest BCUT2D eigenvalue weighted by Gasteiger charge is 2.30. The van der Waals surface area contributed by atoms with E-state index >= 15 is 0 Å². The standard InChI is InChI=1S/C15H25N3O/c1-11-8-13(12(2)19-11)9-17-14(16-5)18-7-6-15(3,4)10-18/h8H,6-7,9-10H2,1-5H3,(H,16,17). The Kier molecular flexibility index (Phi) is 3.88. The van der Waals surface area contributed by atoms with Gasteiger partial charge in [-0.05, 0) is 31.7 Å². The number of aryl methyl sites for hydroxylation is 2. The Labute approximate surface area is 115 Å². The van der Waals surface area contributed by atoms with Crippen LogP contribution in [0.3, 0.4) is 0 Å². The summed E-state index contributed by atoms with van der Waals surface area (Å²) in [5, 5.41) is 3.44. The molecule has 4 heteroatoms. The van der Waals surface area contributed by atoms with Gasteiger partial charge in [-0.15, -0.1) is 0 Å². The number of nitrogens with one attached hydrogen (secondary N) is 1. The van der Waals surface area contributed by atoms with E-state index in [-0.39, 0.29) is 0 Å². The molecule has 2 heterocycles. The van der Waals surface area contributed by atoms with Crippen LogP contribution < -0.4 is 5.32 Å². The van der Waals surface area contributed by atoms with Crippen molar-refractivity contribution in [3.05, 3.63) is 23.2 Å². The Balaban J connectivity index is 1.96. The van der Waals surface area contributed by atoms with Gasteiger partial charge in [-0.1, -0.05) is 13.8 Å². The number of furan rings is 1. The molecular weight excluding hydrogens is 238 g/mol. The van der Waals surface area contributed by atoms with E-state index in [4.69, 9.17) is 4.42 Å². The summed E-state index contributed by atoms with van der Waals surface area (Å²) in [7, 11) is 1.85. The van der Waals surface area contributed by atoms with Crippen LogP contribution in [-0.2, 0) is 6.54 Å². The number of likely N-dealkylation sites (tertiary alicyclic amines) is 1. The molecule has 19 heavy (non-hydrogen) atoms.